The topological polar surface area (TPSA) is 52.8 Å². The minimum atomic E-state index is -1.80. The Labute approximate surface area is 135 Å². The predicted molar refractivity (Wildman–Crippen MR) is 88.8 cm³/mol. The molecule has 0 unspecified atom stereocenters. The molecule has 2 aromatic rings. The summed E-state index contributed by atoms with van der Waals surface area (Å²) >= 11 is 3.55. The van der Waals surface area contributed by atoms with E-state index in [4.69, 9.17) is 4.43 Å². The van der Waals surface area contributed by atoms with Crippen molar-refractivity contribution in [3.63, 3.8) is 0 Å². The Bertz CT molecular complexity index is 607. The lowest BCUT2D eigenvalue weighted by molar-refractivity contribution is 0.268. The molecule has 0 aliphatic heterocycles. The highest BCUT2D eigenvalue weighted by Crippen LogP contribution is 2.37. The van der Waals surface area contributed by atoms with E-state index in [1.807, 2.05) is 10.7 Å². The maximum Gasteiger partial charge on any atom is 0.0867 e. The van der Waals surface area contributed by atoms with E-state index in [0.717, 1.165) is 15.9 Å². The van der Waals surface area contributed by atoms with Gasteiger partial charge in [-0.15, -0.1) is 18.1 Å². The van der Waals surface area contributed by atoms with Crippen molar-refractivity contribution in [1.29, 1.82) is 0 Å². The summed E-state index contributed by atoms with van der Waals surface area (Å²) < 4.78 is 9.08. The standard InChI is InChI=1S/C14H21BrN4OSi/c1-14(2,3)21(4,5)20-10-13-12(15)9-18-19(13)11-6-7-16-17-8-11/h6-9H,10H2,1-5H3/q-1. The van der Waals surface area contributed by atoms with Crippen LogP contribution in [0.1, 0.15) is 26.5 Å². The highest BCUT2D eigenvalue weighted by atomic mass is 79.9. The van der Waals surface area contributed by atoms with Crippen molar-refractivity contribution in [2.24, 2.45) is 0 Å². The molecule has 0 N–H and O–H groups in total. The molecule has 0 aliphatic rings. The third-order valence-corrected chi connectivity index (χ3v) is 9.15. The van der Waals surface area contributed by atoms with Crippen molar-refractivity contribution in [2.75, 3.05) is 0 Å². The molecule has 2 rings (SSSR count). The Morgan fingerprint density at radius 1 is 1.24 bits per heavy atom. The maximum absolute atomic E-state index is 6.29. The van der Waals surface area contributed by atoms with Crippen LogP contribution in [0.5, 0.6) is 0 Å². The molecule has 0 amide bonds. The first-order valence-corrected chi connectivity index (χ1v) is 10.6. The van der Waals surface area contributed by atoms with Crippen LogP contribution >= 0.6 is 15.9 Å². The third kappa shape index (κ3) is 3.59. The Morgan fingerprint density at radius 2 is 1.95 bits per heavy atom. The van der Waals surface area contributed by atoms with Gasteiger partial charge in [0.1, 0.15) is 0 Å². The second-order valence-electron chi connectivity index (χ2n) is 6.50. The molecule has 7 heteroatoms. The van der Waals surface area contributed by atoms with Gasteiger partial charge in [-0.3, -0.25) is 0 Å². The molecule has 2 aromatic heterocycles. The van der Waals surface area contributed by atoms with Crippen molar-refractivity contribution in [3.05, 3.63) is 34.8 Å². The molecule has 5 nitrogen and oxygen atoms in total. The molecule has 2 heterocycles. The first-order chi connectivity index (χ1) is 9.72. The summed E-state index contributed by atoms with van der Waals surface area (Å²) in [5, 5.41) is 12.3. The number of halogens is 1. The van der Waals surface area contributed by atoms with Crippen LogP contribution < -0.4 is 0 Å². The Hall–Kier alpha value is -1.05. The highest BCUT2D eigenvalue weighted by Gasteiger charge is 2.25. The van der Waals surface area contributed by atoms with Crippen LogP contribution in [0.2, 0.25) is 18.1 Å². The second kappa shape index (κ2) is 5.98. The summed E-state index contributed by atoms with van der Waals surface area (Å²) in [6, 6.07) is 1.88. The Balaban J connectivity index is 2.24. The maximum atomic E-state index is 6.29. The SMILES string of the molecule is CC(C)(C)[Si-](C)(C)OCc1c(Br)cnn1-c1ccnnc1. The van der Waals surface area contributed by atoms with Gasteiger partial charge in [-0.1, -0.05) is 20.8 Å². The summed E-state index contributed by atoms with van der Waals surface area (Å²) in [6.45, 7) is 11.7. The lowest BCUT2D eigenvalue weighted by atomic mass is 10.2. The van der Waals surface area contributed by atoms with Crippen LogP contribution in [0.4, 0.5) is 0 Å². The molecular weight excluding hydrogens is 348 g/mol. The zero-order chi connectivity index (χ0) is 15.7. The monoisotopic (exact) mass is 368 g/mol. The van der Waals surface area contributed by atoms with E-state index in [0.29, 0.717) is 6.61 Å². The smallest absolute Gasteiger partial charge is 0.0867 e. The van der Waals surface area contributed by atoms with Gasteiger partial charge in [-0.25, -0.2) is 4.68 Å². The van der Waals surface area contributed by atoms with Gasteiger partial charge in [-0.2, -0.15) is 15.3 Å². The van der Waals surface area contributed by atoms with E-state index in [1.54, 1.807) is 18.6 Å². The summed E-state index contributed by atoms with van der Waals surface area (Å²) in [7, 11) is -1.80. The fourth-order valence-electron chi connectivity index (χ4n) is 1.58. The van der Waals surface area contributed by atoms with Crippen LogP contribution in [0.25, 0.3) is 5.69 Å². The summed E-state index contributed by atoms with van der Waals surface area (Å²) in [4.78, 5) is 0. The van der Waals surface area contributed by atoms with Crippen LogP contribution in [-0.4, -0.2) is 28.3 Å². The predicted octanol–water partition coefficient (Wildman–Crippen LogP) is 3.95. The van der Waals surface area contributed by atoms with E-state index in [9.17, 15) is 0 Å². The molecule has 0 radical (unpaired) electrons. The number of nitrogens with zero attached hydrogens (tertiary/aromatic N) is 4. The number of aromatic nitrogens is 4. The molecule has 0 atom stereocenters. The lowest BCUT2D eigenvalue weighted by Gasteiger charge is -2.48. The molecule has 0 aromatic carbocycles. The van der Waals surface area contributed by atoms with E-state index in [-0.39, 0.29) is 5.04 Å². The van der Waals surface area contributed by atoms with E-state index >= 15 is 0 Å². The molecule has 115 valence electrons. The van der Waals surface area contributed by atoms with Gasteiger partial charge in [0.2, 0.25) is 0 Å². The summed E-state index contributed by atoms with van der Waals surface area (Å²) in [6.07, 6.45) is 5.13. The minimum Gasteiger partial charge on any atom is -0.560 e. The zero-order valence-electron chi connectivity index (χ0n) is 13.1. The molecule has 0 spiro atoms. The number of hydrogen-bond donors (Lipinski definition) is 0. The third-order valence-electron chi connectivity index (χ3n) is 4.01. The molecular formula is C14H21BrN4OSi-. The van der Waals surface area contributed by atoms with Gasteiger partial charge in [0.05, 0.1) is 34.4 Å². The second-order valence-corrected chi connectivity index (χ2v) is 12.2. The summed E-state index contributed by atoms with van der Waals surface area (Å²) in [5.41, 5.74) is 1.87. The zero-order valence-corrected chi connectivity index (χ0v) is 15.7. The Kier molecular flexibility index (Phi) is 4.65. The van der Waals surface area contributed by atoms with Crippen molar-refractivity contribution < 1.29 is 4.43 Å². The average Bonchev–Trinajstić information content (AvgIpc) is 2.77. The van der Waals surface area contributed by atoms with Gasteiger partial charge in [-0.05, 0) is 30.3 Å². The lowest BCUT2D eigenvalue weighted by Crippen LogP contribution is -2.40. The van der Waals surface area contributed by atoms with E-state index < -0.39 is 8.32 Å². The van der Waals surface area contributed by atoms with E-state index in [1.165, 1.54) is 0 Å². The molecule has 0 saturated heterocycles. The van der Waals surface area contributed by atoms with Crippen molar-refractivity contribution in [2.45, 2.75) is 45.5 Å². The average molecular weight is 369 g/mol. The summed E-state index contributed by atoms with van der Waals surface area (Å²) in [5.74, 6) is 0. The van der Waals surface area contributed by atoms with Crippen molar-refractivity contribution >= 4 is 24.2 Å². The quantitative estimate of drug-likeness (QED) is 0.766. The number of hydrogen-bond acceptors (Lipinski definition) is 4. The molecule has 0 saturated carbocycles. The molecule has 0 aliphatic carbocycles. The van der Waals surface area contributed by atoms with Gasteiger partial charge in [0.15, 0.2) is 0 Å². The van der Waals surface area contributed by atoms with Crippen LogP contribution in [0.3, 0.4) is 0 Å². The van der Waals surface area contributed by atoms with E-state index in [2.05, 4.69) is 65.1 Å². The minimum absolute atomic E-state index is 0.183. The molecule has 0 fully saturated rings. The van der Waals surface area contributed by atoms with Crippen molar-refractivity contribution in [1.82, 2.24) is 20.0 Å². The van der Waals surface area contributed by atoms with Crippen LogP contribution in [-0.2, 0) is 11.0 Å². The normalized spacial score (nSPS) is 12.7. The molecule has 0 bridgehead atoms. The van der Waals surface area contributed by atoms with Crippen LogP contribution in [0.15, 0.2) is 29.1 Å². The highest BCUT2D eigenvalue weighted by molar-refractivity contribution is 9.10. The van der Waals surface area contributed by atoms with Crippen LogP contribution in [0, 0.1) is 0 Å². The Morgan fingerprint density at radius 3 is 2.52 bits per heavy atom. The van der Waals surface area contributed by atoms with Gasteiger partial charge >= 0.3 is 0 Å². The fraction of sp³-hybridized carbons (Fsp3) is 0.500. The van der Waals surface area contributed by atoms with Crippen molar-refractivity contribution in [3.8, 4) is 5.69 Å². The van der Waals surface area contributed by atoms with Gasteiger partial charge in [0, 0.05) is 6.61 Å². The van der Waals surface area contributed by atoms with Gasteiger partial charge in [0.25, 0.3) is 0 Å². The molecule has 21 heavy (non-hydrogen) atoms. The first kappa shape index (κ1) is 16.3. The largest absolute Gasteiger partial charge is 0.560 e. The van der Waals surface area contributed by atoms with Gasteiger partial charge < -0.3 is 4.43 Å². The fourth-order valence-corrected chi connectivity index (χ4v) is 2.89. The first-order valence-electron chi connectivity index (χ1n) is 6.86. The number of rotatable bonds is 4.